The molecule has 0 atom stereocenters. The molecule has 0 aliphatic heterocycles. The fourth-order valence-electron chi connectivity index (χ4n) is 1.17. The maximum atomic E-state index is 10.7. The molecule has 0 saturated carbocycles. The molecule has 0 aromatic carbocycles. The number of carbonyl (C=O) groups excluding carboxylic acids is 1. The van der Waals surface area contributed by atoms with E-state index in [0.717, 1.165) is 0 Å². The van der Waals surface area contributed by atoms with Crippen LogP contribution in [0.5, 0.6) is 0 Å². The minimum Gasteiger partial charge on any atom is -0.369 e. The normalized spacial score (nSPS) is 11.1. The number of rotatable bonds is 3. The minimum absolute atomic E-state index is 0.281. The quantitative estimate of drug-likeness (QED) is 0.416. The van der Waals surface area contributed by atoms with Crippen LogP contribution >= 0.6 is 0 Å². The summed E-state index contributed by atoms with van der Waals surface area (Å²) in [6.07, 6.45) is 5.10. The van der Waals surface area contributed by atoms with Crippen molar-refractivity contribution in [2.75, 3.05) is 14.1 Å². The monoisotopic (exact) mass is 218 g/mol. The molecule has 0 amide bonds. The van der Waals surface area contributed by atoms with E-state index >= 15 is 0 Å². The van der Waals surface area contributed by atoms with Crippen LogP contribution < -0.4 is 0 Å². The molecule has 82 valence electrons. The molecule has 0 aliphatic rings. The van der Waals surface area contributed by atoms with Gasteiger partial charge in [0.15, 0.2) is 11.9 Å². The van der Waals surface area contributed by atoms with Crippen LogP contribution in [0.1, 0.15) is 10.5 Å². The predicted octanol–water partition coefficient (Wildman–Crippen LogP) is 0.158. The van der Waals surface area contributed by atoms with Crippen LogP contribution in [0, 0.1) is 0 Å². The topological polar surface area (TPSA) is 75.8 Å². The van der Waals surface area contributed by atoms with E-state index in [0.29, 0.717) is 17.9 Å². The van der Waals surface area contributed by atoms with Crippen LogP contribution in [0.25, 0.3) is 5.65 Å². The number of imidazole rings is 1. The number of hydrogen-bond donors (Lipinski definition) is 0. The van der Waals surface area contributed by atoms with E-state index in [4.69, 9.17) is 0 Å². The molecule has 0 saturated heterocycles. The largest absolute Gasteiger partial charge is 0.369 e. The first-order valence-corrected chi connectivity index (χ1v) is 4.56. The second kappa shape index (κ2) is 4.05. The van der Waals surface area contributed by atoms with Crippen molar-refractivity contribution in [2.24, 2.45) is 4.99 Å². The maximum absolute atomic E-state index is 10.7. The van der Waals surface area contributed by atoms with Crippen molar-refractivity contribution in [3.8, 4) is 0 Å². The van der Waals surface area contributed by atoms with Gasteiger partial charge in [0.2, 0.25) is 5.95 Å². The second-order valence-corrected chi connectivity index (χ2v) is 3.32. The Kier molecular flexibility index (Phi) is 2.59. The number of aromatic nitrogens is 4. The summed E-state index contributed by atoms with van der Waals surface area (Å²) in [4.78, 5) is 28.5. The van der Waals surface area contributed by atoms with Crippen molar-refractivity contribution in [3.05, 3.63) is 18.3 Å². The van der Waals surface area contributed by atoms with Gasteiger partial charge in [-0.05, 0) is 0 Å². The van der Waals surface area contributed by atoms with Gasteiger partial charge < -0.3 is 4.90 Å². The zero-order valence-corrected chi connectivity index (χ0v) is 8.90. The molecule has 2 heterocycles. The van der Waals surface area contributed by atoms with Gasteiger partial charge >= 0.3 is 0 Å². The average molecular weight is 218 g/mol. The fraction of sp³-hybridized carbons (Fsp3) is 0.222. The molecule has 0 radical (unpaired) electrons. The third-order valence-corrected chi connectivity index (χ3v) is 1.85. The zero-order valence-electron chi connectivity index (χ0n) is 8.90. The summed E-state index contributed by atoms with van der Waals surface area (Å²) in [5.74, 6) is 0.430. The molecule has 0 bridgehead atoms. The van der Waals surface area contributed by atoms with Crippen LogP contribution in [0.15, 0.2) is 17.6 Å². The van der Waals surface area contributed by atoms with Crippen LogP contribution in [0.3, 0.4) is 0 Å². The zero-order chi connectivity index (χ0) is 11.5. The van der Waals surface area contributed by atoms with Crippen molar-refractivity contribution in [1.29, 1.82) is 0 Å². The number of hydrogen-bond acceptors (Lipinski definition) is 5. The Labute approximate surface area is 91.5 Å². The Balaban J connectivity index is 2.54. The SMILES string of the molecule is CN(C)/C=N/c1ncnc2c(C=O)ncn12. The number of aliphatic imine (C=N–C) groups is 1. The Bertz CT molecular complexity index is 544. The highest BCUT2D eigenvalue weighted by molar-refractivity contribution is 5.81. The van der Waals surface area contributed by atoms with E-state index in [1.54, 1.807) is 15.6 Å². The van der Waals surface area contributed by atoms with Crippen molar-refractivity contribution in [1.82, 2.24) is 24.3 Å². The van der Waals surface area contributed by atoms with Gasteiger partial charge in [-0.25, -0.2) is 19.9 Å². The maximum Gasteiger partial charge on any atom is 0.239 e. The first kappa shape index (κ1) is 10.2. The summed E-state index contributed by atoms with van der Waals surface area (Å²) in [7, 11) is 3.71. The lowest BCUT2D eigenvalue weighted by Gasteiger charge is -2.02. The van der Waals surface area contributed by atoms with E-state index in [9.17, 15) is 4.79 Å². The average Bonchev–Trinajstić information content (AvgIpc) is 2.69. The van der Waals surface area contributed by atoms with Crippen LogP contribution in [0.4, 0.5) is 5.95 Å². The van der Waals surface area contributed by atoms with Gasteiger partial charge in [0, 0.05) is 14.1 Å². The summed E-state index contributed by atoms with van der Waals surface area (Å²) >= 11 is 0. The molecule has 0 aliphatic carbocycles. The minimum atomic E-state index is 0.281. The first-order valence-electron chi connectivity index (χ1n) is 4.56. The number of nitrogens with zero attached hydrogens (tertiary/aromatic N) is 6. The summed E-state index contributed by atoms with van der Waals surface area (Å²) in [5, 5.41) is 0. The fourth-order valence-corrected chi connectivity index (χ4v) is 1.17. The van der Waals surface area contributed by atoms with Gasteiger partial charge in [-0.1, -0.05) is 0 Å². The van der Waals surface area contributed by atoms with Crippen molar-refractivity contribution in [3.63, 3.8) is 0 Å². The Morgan fingerprint density at radius 1 is 1.38 bits per heavy atom. The summed E-state index contributed by atoms with van der Waals surface area (Å²) < 4.78 is 1.56. The van der Waals surface area contributed by atoms with Gasteiger partial charge in [-0.15, -0.1) is 0 Å². The molecule has 2 aromatic heterocycles. The van der Waals surface area contributed by atoms with E-state index < -0.39 is 0 Å². The Morgan fingerprint density at radius 2 is 2.19 bits per heavy atom. The molecular weight excluding hydrogens is 208 g/mol. The molecule has 2 rings (SSSR count). The highest BCUT2D eigenvalue weighted by Crippen LogP contribution is 2.11. The van der Waals surface area contributed by atoms with Gasteiger partial charge in [0.25, 0.3) is 0 Å². The lowest BCUT2D eigenvalue weighted by atomic mass is 10.5. The molecule has 7 nitrogen and oxygen atoms in total. The van der Waals surface area contributed by atoms with Crippen LogP contribution in [0.2, 0.25) is 0 Å². The summed E-state index contributed by atoms with van der Waals surface area (Å²) in [5.41, 5.74) is 0.736. The molecule has 0 N–H and O–H groups in total. The Hall–Kier alpha value is -2.31. The molecule has 0 spiro atoms. The predicted molar refractivity (Wildman–Crippen MR) is 58.0 cm³/mol. The summed E-state index contributed by atoms with van der Waals surface area (Å²) in [6, 6.07) is 0. The first-order chi connectivity index (χ1) is 7.72. The highest BCUT2D eigenvalue weighted by Gasteiger charge is 2.07. The van der Waals surface area contributed by atoms with Crippen LogP contribution in [-0.4, -0.2) is 51.0 Å². The van der Waals surface area contributed by atoms with E-state index in [1.807, 2.05) is 14.1 Å². The van der Waals surface area contributed by atoms with Gasteiger partial charge in [0.1, 0.15) is 18.3 Å². The molecule has 7 heteroatoms. The smallest absolute Gasteiger partial charge is 0.239 e. The van der Waals surface area contributed by atoms with Gasteiger partial charge in [-0.3, -0.25) is 9.20 Å². The van der Waals surface area contributed by atoms with Crippen molar-refractivity contribution in [2.45, 2.75) is 0 Å². The number of carbonyl (C=O) groups is 1. The van der Waals surface area contributed by atoms with E-state index in [-0.39, 0.29) is 5.69 Å². The number of fused-ring (bicyclic) bond motifs is 1. The van der Waals surface area contributed by atoms with Crippen LogP contribution in [-0.2, 0) is 0 Å². The highest BCUT2D eigenvalue weighted by atomic mass is 16.1. The summed E-state index contributed by atoms with van der Waals surface area (Å²) in [6.45, 7) is 0. The molecule has 0 unspecified atom stereocenters. The molecular formula is C9H10N6O. The van der Waals surface area contributed by atoms with Crippen molar-refractivity contribution >= 4 is 24.2 Å². The van der Waals surface area contributed by atoms with Gasteiger partial charge in [0.05, 0.1) is 6.34 Å². The van der Waals surface area contributed by atoms with E-state index in [1.165, 1.54) is 12.7 Å². The number of aldehydes is 1. The van der Waals surface area contributed by atoms with Gasteiger partial charge in [-0.2, -0.15) is 0 Å². The lowest BCUT2D eigenvalue weighted by molar-refractivity contribution is 0.112. The third kappa shape index (κ3) is 1.74. The Morgan fingerprint density at radius 3 is 2.88 bits per heavy atom. The molecule has 0 fully saturated rings. The van der Waals surface area contributed by atoms with E-state index in [2.05, 4.69) is 19.9 Å². The molecule has 2 aromatic rings. The second-order valence-electron chi connectivity index (χ2n) is 3.32. The lowest BCUT2D eigenvalue weighted by Crippen LogP contribution is -2.07. The third-order valence-electron chi connectivity index (χ3n) is 1.85. The molecule has 16 heavy (non-hydrogen) atoms. The van der Waals surface area contributed by atoms with Crippen molar-refractivity contribution < 1.29 is 4.79 Å². The standard InChI is InChI=1S/C9H10N6O/c1-14(2)5-13-9-11-4-10-8-7(3-16)12-6-15(8)9/h3-6H,1-2H3/b13-5+.